The highest BCUT2D eigenvalue weighted by Gasteiger charge is 2.15. The molecule has 0 aliphatic carbocycles. The maximum atomic E-state index is 5.43. The molecule has 1 N–H and O–H groups in total. The number of ether oxygens (including phenoxy) is 2. The molecule has 1 aromatic rings. The van der Waals surface area contributed by atoms with Crippen molar-refractivity contribution in [3.05, 3.63) is 23.8 Å². The third kappa shape index (κ3) is 4.12. The molecule has 1 fully saturated rings. The smallest absolute Gasteiger partial charge is 0.125 e. The first-order valence-corrected chi connectivity index (χ1v) is 7.35. The van der Waals surface area contributed by atoms with Gasteiger partial charge >= 0.3 is 0 Å². The van der Waals surface area contributed by atoms with Crippen molar-refractivity contribution < 1.29 is 9.47 Å². The summed E-state index contributed by atoms with van der Waals surface area (Å²) < 4.78 is 10.7. The van der Waals surface area contributed by atoms with Gasteiger partial charge in [0.1, 0.15) is 11.5 Å². The molecule has 1 heterocycles. The van der Waals surface area contributed by atoms with E-state index in [0.29, 0.717) is 6.04 Å². The Morgan fingerprint density at radius 3 is 2.60 bits per heavy atom. The van der Waals surface area contributed by atoms with E-state index < -0.39 is 0 Å². The second-order valence-electron chi connectivity index (χ2n) is 5.46. The molecule has 1 aliphatic heterocycles. The van der Waals surface area contributed by atoms with Crippen molar-refractivity contribution in [2.45, 2.75) is 25.3 Å². The van der Waals surface area contributed by atoms with E-state index in [1.165, 1.54) is 31.5 Å². The van der Waals surface area contributed by atoms with Crippen LogP contribution in [0.4, 0.5) is 0 Å². The predicted molar refractivity (Wildman–Crippen MR) is 81.8 cm³/mol. The highest BCUT2D eigenvalue weighted by molar-refractivity contribution is 5.40. The van der Waals surface area contributed by atoms with Crippen molar-refractivity contribution in [3.8, 4) is 11.5 Å². The van der Waals surface area contributed by atoms with E-state index in [0.717, 1.165) is 24.5 Å². The standard InChI is InChI=1S/C16H26N2O2/c1-18-10-7-14(8-11-18)17-9-6-13-4-5-15(19-2)12-16(13)20-3/h4-5,12,14,17H,6-11H2,1-3H3. The van der Waals surface area contributed by atoms with E-state index in [4.69, 9.17) is 9.47 Å². The first kappa shape index (κ1) is 15.1. The van der Waals surface area contributed by atoms with Gasteiger partial charge in [-0.25, -0.2) is 0 Å². The van der Waals surface area contributed by atoms with Crippen LogP contribution in [0.5, 0.6) is 11.5 Å². The first-order chi connectivity index (χ1) is 9.72. The number of rotatable bonds is 6. The summed E-state index contributed by atoms with van der Waals surface area (Å²) in [7, 11) is 5.58. The summed E-state index contributed by atoms with van der Waals surface area (Å²) in [4.78, 5) is 2.39. The van der Waals surface area contributed by atoms with E-state index in [-0.39, 0.29) is 0 Å². The quantitative estimate of drug-likeness (QED) is 0.862. The van der Waals surface area contributed by atoms with E-state index in [2.05, 4.69) is 23.3 Å². The summed E-state index contributed by atoms with van der Waals surface area (Å²) in [5.74, 6) is 1.75. The lowest BCUT2D eigenvalue weighted by Crippen LogP contribution is -2.41. The summed E-state index contributed by atoms with van der Waals surface area (Å²) in [6.07, 6.45) is 3.48. The lowest BCUT2D eigenvalue weighted by atomic mass is 10.0. The van der Waals surface area contributed by atoms with Crippen LogP contribution in [0.1, 0.15) is 18.4 Å². The van der Waals surface area contributed by atoms with Gasteiger partial charge in [0.15, 0.2) is 0 Å². The largest absolute Gasteiger partial charge is 0.497 e. The van der Waals surface area contributed by atoms with Gasteiger partial charge in [-0.05, 0) is 57.6 Å². The van der Waals surface area contributed by atoms with E-state index in [1.54, 1.807) is 14.2 Å². The number of piperidine rings is 1. The number of hydrogen-bond donors (Lipinski definition) is 1. The fraction of sp³-hybridized carbons (Fsp3) is 0.625. The summed E-state index contributed by atoms with van der Waals surface area (Å²) in [6.45, 7) is 3.39. The van der Waals surface area contributed by atoms with E-state index >= 15 is 0 Å². The number of nitrogens with one attached hydrogen (secondary N) is 1. The monoisotopic (exact) mass is 278 g/mol. The van der Waals surface area contributed by atoms with E-state index in [1.807, 2.05) is 12.1 Å². The fourth-order valence-corrected chi connectivity index (χ4v) is 2.68. The highest BCUT2D eigenvalue weighted by atomic mass is 16.5. The minimum atomic E-state index is 0.662. The van der Waals surface area contributed by atoms with Gasteiger partial charge in [-0.2, -0.15) is 0 Å². The molecule has 0 spiro atoms. The summed E-state index contributed by atoms with van der Waals surface area (Å²) >= 11 is 0. The third-order valence-electron chi connectivity index (χ3n) is 4.04. The molecule has 2 rings (SSSR count). The molecule has 1 saturated heterocycles. The third-order valence-corrected chi connectivity index (χ3v) is 4.04. The van der Waals surface area contributed by atoms with Crippen molar-refractivity contribution in [2.24, 2.45) is 0 Å². The predicted octanol–water partition coefficient (Wildman–Crippen LogP) is 1.93. The zero-order valence-corrected chi connectivity index (χ0v) is 12.8. The Bertz CT molecular complexity index is 415. The zero-order valence-electron chi connectivity index (χ0n) is 12.8. The molecule has 1 aliphatic rings. The van der Waals surface area contributed by atoms with Gasteiger partial charge in [-0.15, -0.1) is 0 Å². The summed E-state index contributed by atoms with van der Waals surface area (Å²) in [5.41, 5.74) is 1.23. The van der Waals surface area contributed by atoms with Gasteiger partial charge in [-0.3, -0.25) is 0 Å². The van der Waals surface area contributed by atoms with Crippen LogP contribution in [0.2, 0.25) is 0 Å². The van der Waals surface area contributed by atoms with Crippen LogP contribution < -0.4 is 14.8 Å². The van der Waals surface area contributed by atoms with Crippen molar-refractivity contribution in [3.63, 3.8) is 0 Å². The van der Waals surface area contributed by atoms with Crippen LogP contribution in [-0.4, -0.2) is 51.8 Å². The highest BCUT2D eigenvalue weighted by Crippen LogP contribution is 2.24. The van der Waals surface area contributed by atoms with Crippen molar-refractivity contribution >= 4 is 0 Å². The molecule has 0 bridgehead atoms. The fourth-order valence-electron chi connectivity index (χ4n) is 2.68. The molecule has 20 heavy (non-hydrogen) atoms. The molecule has 1 aromatic carbocycles. The van der Waals surface area contributed by atoms with Crippen molar-refractivity contribution in [1.82, 2.24) is 10.2 Å². The topological polar surface area (TPSA) is 33.7 Å². The van der Waals surface area contributed by atoms with Crippen LogP contribution in [0, 0.1) is 0 Å². The SMILES string of the molecule is COc1ccc(CCNC2CCN(C)CC2)c(OC)c1. The Balaban J connectivity index is 1.81. The van der Waals surface area contributed by atoms with E-state index in [9.17, 15) is 0 Å². The molecular formula is C16H26N2O2. The lowest BCUT2D eigenvalue weighted by Gasteiger charge is -2.29. The number of benzene rings is 1. The zero-order chi connectivity index (χ0) is 14.4. The number of methoxy groups -OCH3 is 2. The lowest BCUT2D eigenvalue weighted by molar-refractivity contribution is 0.235. The maximum Gasteiger partial charge on any atom is 0.125 e. The molecule has 0 amide bonds. The Kier molecular flexibility index (Phi) is 5.68. The molecule has 4 heteroatoms. The Morgan fingerprint density at radius 1 is 1.20 bits per heavy atom. The van der Waals surface area contributed by atoms with Crippen LogP contribution in [0.25, 0.3) is 0 Å². The summed E-state index contributed by atoms with van der Waals surface area (Å²) in [5, 5.41) is 3.66. The van der Waals surface area contributed by atoms with Gasteiger partial charge in [0.2, 0.25) is 0 Å². The normalized spacial score (nSPS) is 17.1. The second kappa shape index (κ2) is 7.50. The molecule has 0 unspecified atom stereocenters. The second-order valence-corrected chi connectivity index (χ2v) is 5.46. The average molecular weight is 278 g/mol. The number of hydrogen-bond acceptors (Lipinski definition) is 4. The Labute approximate surface area is 122 Å². The van der Waals surface area contributed by atoms with Gasteiger partial charge in [0.25, 0.3) is 0 Å². The van der Waals surface area contributed by atoms with Crippen LogP contribution in [0.15, 0.2) is 18.2 Å². The molecule has 4 nitrogen and oxygen atoms in total. The number of nitrogens with zero attached hydrogens (tertiary/aromatic N) is 1. The number of likely N-dealkylation sites (tertiary alicyclic amines) is 1. The minimum absolute atomic E-state index is 0.662. The molecule has 0 radical (unpaired) electrons. The van der Waals surface area contributed by atoms with Gasteiger partial charge in [0, 0.05) is 12.1 Å². The molecule has 112 valence electrons. The van der Waals surface area contributed by atoms with Crippen LogP contribution >= 0.6 is 0 Å². The first-order valence-electron chi connectivity index (χ1n) is 7.35. The van der Waals surface area contributed by atoms with Gasteiger partial charge < -0.3 is 19.7 Å². The molecular weight excluding hydrogens is 252 g/mol. The average Bonchev–Trinajstić information content (AvgIpc) is 2.49. The minimum Gasteiger partial charge on any atom is -0.497 e. The van der Waals surface area contributed by atoms with Crippen molar-refractivity contribution in [2.75, 3.05) is 40.9 Å². The maximum absolute atomic E-state index is 5.43. The molecule has 0 atom stereocenters. The van der Waals surface area contributed by atoms with Crippen LogP contribution in [-0.2, 0) is 6.42 Å². The Hall–Kier alpha value is -1.26. The Morgan fingerprint density at radius 2 is 1.95 bits per heavy atom. The van der Waals surface area contributed by atoms with Crippen LogP contribution in [0.3, 0.4) is 0 Å². The van der Waals surface area contributed by atoms with Crippen molar-refractivity contribution in [1.29, 1.82) is 0 Å². The van der Waals surface area contributed by atoms with Gasteiger partial charge in [-0.1, -0.05) is 6.07 Å². The van der Waals surface area contributed by atoms with Gasteiger partial charge in [0.05, 0.1) is 14.2 Å². The summed E-state index contributed by atoms with van der Waals surface area (Å²) in [6, 6.07) is 6.70. The molecule has 0 saturated carbocycles. The molecule has 0 aromatic heterocycles.